The fourth-order valence-corrected chi connectivity index (χ4v) is 1.77. The molecule has 0 saturated heterocycles. The number of nitrogen functional groups attached to an aromatic ring is 1. The molecule has 4 nitrogen and oxygen atoms in total. The van der Waals surface area contributed by atoms with Gasteiger partial charge in [-0.3, -0.25) is 0 Å². The molecule has 5 heteroatoms. The highest BCUT2D eigenvalue weighted by atomic mass is 35.5. The summed E-state index contributed by atoms with van der Waals surface area (Å²) in [5, 5.41) is 4.55. The second kappa shape index (κ2) is 5.40. The van der Waals surface area contributed by atoms with E-state index in [-0.39, 0.29) is 0 Å². The van der Waals surface area contributed by atoms with Crippen LogP contribution in [0.5, 0.6) is 0 Å². The number of halogens is 1. The van der Waals surface area contributed by atoms with Crippen molar-refractivity contribution in [3.8, 4) is 11.5 Å². The van der Waals surface area contributed by atoms with Gasteiger partial charge in [0.05, 0.1) is 5.56 Å². The zero-order valence-corrected chi connectivity index (χ0v) is 11.2. The molecule has 0 aliphatic heterocycles. The minimum absolute atomic E-state index is 0.425. The zero-order chi connectivity index (χ0) is 13.1. The van der Waals surface area contributed by atoms with Crippen molar-refractivity contribution in [2.45, 2.75) is 26.7 Å². The molecular formula is C13H16ClN3O. The van der Waals surface area contributed by atoms with E-state index >= 15 is 0 Å². The Labute approximate surface area is 111 Å². The van der Waals surface area contributed by atoms with Crippen LogP contribution >= 0.6 is 11.6 Å². The molecule has 2 rings (SSSR count). The highest BCUT2D eigenvalue weighted by Gasteiger charge is 2.12. The predicted octanol–water partition coefficient (Wildman–Crippen LogP) is 3.56. The summed E-state index contributed by atoms with van der Waals surface area (Å²) in [5.41, 5.74) is 7.13. The molecule has 0 fully saturated rings. The molecule has 0 saturated carbocycles. The second-order valence-electron chi connectivity index (χ2n) is 4.68. The van der Waals surface area contributed by atoms with E-state index in [0.29, 0.717) is 33.9 Å². The molecule has 0 radical (unpaired) electrons. The summed E-state index contributed by atoms with van der Waals surface area (Å²) in [6.45, 7) is 4.33. The van der Waals surface area contributed by atoms with Crippen LogP contribution in [0.3, 0.4) is 0 Å². The Morgan fingerprint density at radius 1 is 1.39 bits per heavy atom. The smallest absolute Gasteiger partial charge is 0.260 e. The summed E-state index contributed by atoms with van der Waals surface area (Å²) >= 11 is 5.93. The van der Waals surface area contributed by atoms with Crippen molar-refractivity contribution in [3.63, 3.8) is 0 Å². The molecule has 2 aromatic rings. The van der Waals surface area contributed by atoms with Crippen LogP contribution in [0.4, 0.5) is 5.69 Å². The van der Waals surface area contributed by atoms with Crippen molar-refractivity contribution >= 4 is 17.3 Å². The van der Waals surface area contributed by atoms with Crippen molar-refractivity contribution < 1.29 is 4.52 Å². The van der Waals surface area contributed by atoms with Crippen LogP contribution in [0.1, 0.15) is 26.1 Å². The van der Waals surface area contributed by atoms with E-state index in [1.165, 1.54) is 0 Å². The highest BCUT2D eigenvalue weighted by molar-refractivity contribution is 6.31. The lowest BCUT2D eigenvalue weighted by Gasteiger charge is -2.00. The third-order valence-electron chi connectivity index (χ3n) is 2.66. The van der Waals surface area contributed by atoms with Crippen LogP contribution in [-0.4, -0.2) is 10.1 Å². The number of hydrogen-bond acceptors (Lipinski definition) is 4. The van der Waals surface area contributed by atoms with Crippen molar-refractivity contribution in [1.29, 1.82) is 0 Å². The van der Waals surface area contributed by atoms with Gasteiger partial charge in [-0.1, -0.05) is 30.6 Å². The summed E-state index contributed by atoms with van der Waals surface area (Å²) < 4.78 is 5.22. The average molecular weight is 266 g/mol. The molecule has 1 aromatic heterocycles. The van der Waals surface area contributed by atoms with Gasteiger partial charge in [-0.15, -0.1) is 0 Å². The van der Waals surface area contributed by atoms with Crippen molar-refractivity contribution in [2.24, 2.45) is 5.92 Å². The number of rotatable bonds is 4. The van der Waals surface area contributed by atoms with Crippen LogP contribution in [0.2, 0.25) is 5.02 Å². The largest absolute Gasteiger partial charge is 0.398 e. The fourth-order valence-electron chi connectivity index (χ4n) is 1.60. The molecule has 0 aliphatic carbocycles. The molecule has 1 aromatic carbocycles. The van der Waals surface area contributed by atoms with Gasteiger partial charge in [-0.2, -0.15) is 4.98 Å². The maximum Gasteiger partial charge on any atom is 0.260 e. The minimum atomic E-state index is 0.425. The Hall–Kier alpha value is -1.55. The summed E-state index contributed by atoms with van der Waals surface area (Å²) in [4.78, 5) is 4.34. The van der Waals surface area contributed by atoms with E-state index in [0.717, 1.165) is 12.8 Å². The monoisotopic (exact) mass is 265 g/mol. The molecule has 0 unspecified atom stereocenters. The first-order valence-corrected chi connectivity index (χ1v) is 6.32. The van der Waals surface area contributed by atoms with E-state index in [2.05, 4.69) is 24.0 Å². The molecule has 0 amide bonds. The molecule has 0 spiro atoms. The third-order valence-corrected chi connectivity index (χ3v) is 2.89. The Balaban J connectivity index is 2.21. The van der Waals surface area contributed by atoms with E-state index < -0.39 is 0 Å². The van der Waals surface area contributed by atoms with Gasteiger partial charge < -0.3 is 10.3 Å². The number of aryl methyl sites for hydroxylation is 1. The number of aromatic nitrogens is 2. The Bertz CT molecular complexity index is 537. The van der Waals surface area contributed by atoms with Crippen LogP contribution in [-0.2, 0) is 6.42 Å². The van der Waals surface area contributed by atoms with E-state index in [1.807, 2.05) is 0 Å². The molecule has 1 heterocycles. The second-order valence-corrected chi connectivity index (χ2v) is 5.12. The summed E-state index contributed by atoms with van der Waals surface area (Å²) in [5.74, 6) is 1.75. The highest BCUT2D eigenvalue weighted by Crippen LogP contribution is 2.27. The van der Waals surface area contributed by atoms with Gasteiger partial charge in [0.25, 0.3) is 5.89 Å². The number of nitrogens with zero attached hydrogens (tertiary/aromatic N) is 2. The van der Waals surface area contributed by atoms with Crippen LogP contribution < -0.4 is 5.73 Å². The lowest BCUT2D eigenvalue weighted by Crippen LogP contribution is -1.94. The van der Waals surface area contributed by atoms with Gasteiger partial charge in [0, 0.05) is 17.1 Å². The Morgan fingerprint density at radius 2 is 2.17 bits per heavy atom. The number of nitrogens with two attached hydrogens (primary N) is 1. The van der Waals surface area contributed by atoms with E-state index in [4.69, 9.17) is 21.9 Å². The molecule has 18 heavy (non-hydrogen) atoms. The zero-order valence-electron chi connectivity index (χ0n) is 10.5. The predicted molar refractivity (Wildman–Crippen MR) is 72.3 cm³/mol. The van der Waals surface area contributed by atoms with Gasteiger partial charge in [-0.05, 0) is 30.5 Å². The van der Waals surface area contributed by atoms with Gasteiger partial charge in [-0.25, -0.2) is 0 Å². The third kappa shape index (κ3) is 3.01. The molecule has 0 aliphatic rings. The summed E-state index contributed by atoms with van der Waals surface area (Å²) in [6, 6.07) is 5.20. The minimum Gasteiger partial charge on any atom is -0.398 e. The lowest BCUT2D eigenvalue weighted by atomic mass is 10.1. The topological polar surface area (TPSA) is 64.9 Å². The van der Waals surface area contributed by atoms with E-state index in [9.17, 15) is 0 Å². The van der Waals surface area contributed by atoms with Gasteiger partial charge >= 0.3 is 0 Å². The normalized spacial score (nSPS) is 11.1. The maximum absolute atomic E-state index is 5.93. The van der Waals surface area contributed by atoms with Crippen molar-refractivity contribution in [2.75, 3.05) is 5.73 Å². The molecule has 0 bridgehead atoms. The van der Waals surface area contributed by atoms with Gasteiger partial charge in [0.1, 0.15) is 0 Å². The number of hydrogen-bond donors (Lipinski definition) is 1. The van der Waals surface area contributed by atoms with E-state index in [1.54, 1.807) is 18.2 Å². The first kappa shape index (κ1) is 12.9. The summed E-state index contributed by atoms with van der Waals surface area (Å²) in [7, 11) is 0. The first-order valence-electron chi connectivity index (χ1n) is 5.94. The number of anilines is 1. The van der Waals surface area contributed by atoms with Crippen LogP contribution in [0, 0.1) is 5.92 Å². The average Bonchev–Trinajstić information content (AvgIpc) is 2.78. The SMILES string of the molecule is CC(C)CCc1noc(-c2cc(Cl)ccc2N)n1. The standard InChI is InChI=1S/C13H16ClN3O/c1-8(2)3-6-12-16-13(18-17-12)10-7-9(14)4-5-11(10)15/h4-5,7-8H,3,6,15H2,1-2H3. The Morgan fingerprint density at radius 3 is 2.89 bits per heavy atom. The van der Waals surface area contributed by atoms with Gasteiger partial charge in [0.2, 0.25) is 0 Å². The Kier molecular flexibility index (Phi) is 3.87. The van der Waals surface area contributed by atoms with Crippen molar-refractivity contribution in [3.05, 3.63) is 29.0 Å². The first-order chi connectivity index (χ1) is 8.56. The summed E-state index contributed by atoms with van der Waals surface area (Å²) in [6.07, 6.45) is 1.84. The van der Waals surface area contributed by atoms with Crippen LogP contribution in [0.15, 0.2) is 22.7 Å². The van der Waals surface area contributed by atoms with Crippen molar-refractivity contribution in [1.82, 2.24) is 10.1 Å². The van der Waals surface area contributed by atoms with Crippen LogP contribution in [0.25, 0.3) is 11.5 Å². The quantitative estimate of drug-likeness (QED) is 0.859. The lowest BCUT2D eigenvalue weighted by molar-refractivity contribution is 0.419. The molecule has 2 N–H and O–H groups in total. The maximum atomic E-state index is 5.93. The molecule has 96 valence electrons. The molecule has 0 atom stereocenters. The number of benzene rings is 1. The van der Waals surface area contributed by atoms with Gasteiger partial charge in [0.15, 0.2) is 5.82 Å². The fraction of sp³-hybridized carbons (Fsp3) is 0.385. The molecular weight excluding hydrogens is 250 g/mol.